The molecule has 1 aliphatic heterocycles. The van der Waals surface area contributed by atoms with Crippen molar-refractivity contribution in [1.29, 1.82) is 0 Å². The van der Waals surface area contributed by atoms with Crippen LogP contribution in [-0.4, -0.2) is 169 Å². The first-order valence-corrected chi connectivity index (χ1v) is 20.1. The molecule has 0 spiro atoms. The molecule has 0 saturated carbocycles. The van der Waals surface area contributed by atoms with Crippen molar-refractivity contribution in [2.45, 2.75) is 85.6 Å². The number of carbonyl (C=O) groups excluding carboxylic acids is 2. The fourth-order valence-electron chi connectivity index (χ4n) is 6.43. The van der Waals surface area contributed by atoms with E-state index in [-0.39, 0.29) is 56.6 Å². The van der Waals surface area contributed by atoms with Crippen molar-refractivity contribution >= 4 is 30.1 Å². The molecule has 0 aromatic heterocycles. The monoisotopic (exact) mass is 792 g/mol. The number of amides is 1. The fourth-order valence-corrected chi connectivity index (χ4v) is 6.43. The Kier molecular flexibility index (Phi) is 22.2. The Hall–Kier alpha value is -3.63. The fraction of sp³-hybridized carbons (Fsp3) is 0.732. The summed E-state index contributed by atoms with van der Waals surface area (Å²) in [6.07, 6.45) is 7.08. The van der Waals surface area contributed by atoms with Crippen molar-refractivity contribution in [2.24, 2.45) is 10.8 Å². The van der Waals surface area contributed by atoms with E-state index >= 15 is 0 Å². The van der Waals surface area contributed by atoms with E-state index in [1.807, 2.05) is 43.0 Å². The topological polar surface area (TPSA) is 189 Å². The quantitative estimate of drug-likeness (QED) is 0.0835. The number of hydrogen-bond acceptors (Lipinski definition) is 11. The molecule has 1 heterocycles. The van der Waals surface area contributed by atoms with Gasteiger partial charge in [0, 0.05) is 58.4 Å². The number of hydrogen-bond donors (Lipinski definition) is 4. The highest BCUT2D eigenvalue weighted by atomic mass is 16.5. The van der Waals surface area contributed by atoms with Gasteiger partial charge in [-0.15, -0.1) is 0 Å². The zero-order valence-electron chi connectivity index (χ0n) is 34.5. The molecule has 1 unspecified atom stereocenters. The van der Waals surface area contributed by atoms with Gasteiger partial charge in [-0.25, -0.2) is 0 Å². The molecule has 0 bridgehead atoms. The van der Waals surface area contributed by atoms with Crippen LogP contribution in [0.3, 0.4) is 0 Å². The van der Waals surface area contributed by atoms with Crippen molar-refractivity contribution in [1.82, 2.24) is 24.9 Å². The molecule has 1 amide bonds. The molecule has 1 fully saturated rings. The summed E-state index contributed by atoms with van der Waals surface area (Å²) in [4.78, 5) is 66.7. The number of aldehydes is 1. The van der Waals surface area contributed by atoms with E-state index in [0.29, 0.717) is 65.5 Å². The van der Waals surface area contributed by atoms with Gasteiger partial charge in [-0.3, -0.25) is 38.8 Å². The van der Waals surface area contributed by atoms with Gasteiger partial charge in [0.2, 0.25) is 5.91 Å². The van der Waals surface area contributed by atoms with Crippen LogP contribution in [-0.2, 0) is 35.1 Å². The van der Waals surface area contributed by atoms with E-state index in [1.54, 1.807) is 14.7 Å². The number of aliphatic carboxylic acids is 3. The van der Waals surface area contributed by atoms with Gasteiger partial charge >= 0.3 is 17.9 Å². The Morgan fingerprint density at radius 3 is 1.96 bits per heavy atom. The second-order valence-corrected chi connectivity index (χ2v) is 16.4. The number of nitrogens with zero attached hydrogens (tertiary/aromatic N) is 4. The summed E-state index contributed by atoms with van der Waals surface area (Å²) < 4.78 is 11.9. The van der Waals surface area contributed by atoms with Crippen LogP contribution in [0.2, 0.25) is 0 Å². The van der Waals surface area contributed by atoms with Gasteiger partial charge in [-0.2, -0.15) is 0 Å². The molecular weight excluding hydrogens is 722 g/mol. The molecule has 2 rings (SSSR count). The zero-order chi connectivity index (χ0) is 41.6. The van der Waals surface area contributed by atoms with Gasteiger partial charge in [-0.05, 0) is 62.6 Å². The van der Waals surface area contributed by atoms with Gasteiger partial charge in [0.1, 0.15) is 12.0 Å². The third kappa shape index (κ3) is 20.5. The van der Waals surface area contributed by atoms with Gasteiger partial charge in [-0.1, -0.05) is 52.2 Å². The molecule has 4 N–H and O–H groups in total. The first-order chi connectivity index (χ1) is 26.5. The first-order valence-electron chi connectivity index (χ1n) is 20.1. The summed E-state index contributed by atoms with van der Waals surface area (Å²) in [5.41, 5.74) is 0.446. The average Bonchev–Trinajstić information content (AvgIpc) is 3.12. The molecule has 0 radical (unpaired) electrons. The number of ether oxygens (including phenoxy) is 2. The van der Waals surface area contributed by atoms with Crippen LogP contribution in [0.5, 0.6) is 5.75 Å². The minimum atomic E-state index is -1.03. The van der Waals surface area contributed by atoms with Crippen molar-refractivity contribution < 1.29 is 48.8 Å². The number of carboxylic acids is 3. The smallest absolute Gasteiger partial charge is 0.317 e. The summed E-state index contributed by atoms with van der Waals surface area (Å²) in [6, 6.07) is 7.24. The lowest BCUT2D eigenvalue weighted by molar-refractivity contribution is -0.141. The predicted molar refractivity (Wildman–Crippen MR) is 214 cm³/mol. The number of nitrogens with one attached hydrogen (secondary N) is 1. The third-order valence-electron chi connectivity index (χ3n) is 10.3. The lowest BCUT2D eigenvalue weighted by atomic mass is 9.90. The Bertz CT molecular complexity index is 1340. The van der Waals surface area contributed by atoms with Crippen molar-refractivity contribution in [3.05, 3.63) is 29.8 Å². The van der Waals surface area contributed by atoms with Gasteiger partial charge < -0.3 is 34.9 Å². The van der Waals surface area contributed by atoms with Crippen molar-refractivity contribution in [2.75, 3.05) is 98.4 Å². The van der Waals surface area contributed by atoms with E-state index in [1.165, 1.54) is 0 Å². The van der Waals surface area contributed by atoms with Crippen LogP contribution in [0.4, 0.5) is 0 Å². The van der Waals surface area contributed by atoms with Crippen molar-refractivity contribution in [3.63, 3.8) is 0 Å². The van der Waals surface area contributed by atoms with Crippen LogP contribution in [0, 0.1) is 10.8 Å². The Morgan fingerprint density at radius 2 is 1.34 bits per heavy atom. The molecule has 318 valence electrons. The molecule has 1 saturated heterocycles. The summed E-state index contributed by atoms with van der Waals surface area (Å²) in [6.45, 7) is 14.2. The third-order valence-corrected chi connectivity index (χ3v) is 10.3. The maximum atomic E-state index is 12.7. The van der Waals surface area contributed by atoms with E-state index in [4.69, 9.17) is 9.47 Å². The molecule has 0 aliphatic carbocycles. The van der Waals surface area contributed by atoms with Gasteiger partial charge in [0.25, 0.3) is 0 Å². The standard InChI is InChI=1S/C41H69N5O10/c1-6-40(2,3)31-55-32-41(4,5)39(54)42-16-10-8-7-9-11-25-56-35-14-12-33(13-15-35)26-34-27-45(29-37(50)51)20-18-43(23-24-47)17-19-44(28-36(48)49)21-22-46(34)30-38(52)53/h12-15,24,34H,6-11,16-23,25-32H2,1-5H3,(H,42,54)(H,48,49)(H,50,51)(H,52,53). The molecule has 15 nitrogen and oxygen atoms in total. The maximum Gasteiger partial charge on any atom is 0.317 e. The molecule has 1 aliphatic rings. The molecular formula is C41H69N5O10. The SMILES string of the molecule is CCC(C)(C)COCC(C)(C)C(=O)NCCCCCCCOc1ccc(CC2CN(CC(=O)O)CCN(CC=O)CCN(CC(=O)O)CCN2CC(=O)O)cc1. The second kappa shape index (κ2) is 25.6. The minimum Gasteiger partial charge on any atom is -0.494 e. The number of carboxylic acid groups (broad SMARTS) is 3. The van der Waals surface area contributed by atoms with E-state index < -0.39 is 23.3 Å². The van der Waals surface area contributed by atoms with Crippen LogP contribution in [0.15, 0.2) is 24.3 Å². The summed E-state index contributed by atoms with van der Waals surface area (Å²) in [7, 11) is 0. The molecule has 15 heteroatoms. The lowest BCUT2D eigenvalue weighted by Crippen LogP contribution is -2.53. The Balaban J connectivity index is 1.91. The van der Waals surface area contributed by atoms with E-state index in [2.05, 4.69) is 26.1 Å². The highest BCUT2D eigenvalue weighted by Gasteiger charge is 2.29. The number of carbonyl (C=O) groups is 5. The lowest BCUT2D eigenvalue weighted by Gasteiger charge is -2.37. The number of rotatable bonds is 25. The normalized spacial score (nSPS) is 17.4. The average molecular weight is 792 g/mol. The van der Waals surface area contributed by atoms with Crippen LogP contribution >= 0.6 is 0 Å². The summed E-state index contributed by atoms with van der Waals surface area (Å²) >= 11 is 0. The van der Waals surface area contributed by atoms with Crippen LogP contribution < -0.4 is 10.1 Å². The van der Waals surface area contributed by atoms with E-state index in [9.17, 15) is 39.3 Å². The number of unbranched alkanes of at least 4 members (excludes halogenated alkanes) is 4. The first kappa shape index (κ1) is 48.5. The molecule has 1 aromatic rings. The summed E-state index contributed by atoms with van der Waals surface area (Å²) in [5.74, 6) is -2.31. The molecule has 1 aromatic carbocycles. The largest absolute Gasteiger partial charge is 0.494 e. The highest BCUT2D eigenvalue weighted by Crippen LogP contribution is 2.23. The van der Waals surface area contributed by atoms with Gasteiger partial charge in [0.05, 0.1) is 51.4 Å². The zero-order valence-corrected chi connectivity index (χ0v) is 34.5. The van der Waals surface area contributed by atoms with Crippen LogP contribution in [0.25, 0.3) is 0 Å². The maximum absolute atomic E-state index is 12.7. The molecule has 56 heavy (non-hydrogen) atoms. The van der Waals surface area contributed by atoms with E-state index in [0.717, 1.165) is 56.1 Å². The van der Waals surface area contributed by atoms with Crippen LogP contribution in [0.1, 0.15) is 78.7 Å². The summed E-state index contributed by atoms with van der Waals surface area (Å²) in [5, 5.41) is 32.1. The second-order valence-electron chi connectivity index (χ2n) is 16.4. The van der Waals surface area contributed by atoms with Gasteiger partial charge in [0.15, 0.2) is 0 Å². The predicted octanol–water partition coefficient (Wildman–Crippen LogP) is 3.20. The minimum absolute atomic E-state index is 0.0121. The molecule has 1 atom stereocenters. The van der Waals surface area contributed by atoms with Crippen molar-refractivity contribution in [3.8, 4) is 5.75 Å². The number of benzene rings is 1. The Morgan fingerprint density at radius 1 is 0.768 bits per heavy atom. The Labute approximate surface area is 333 Å². The highest BCUT2D eigenvalue weighted by molar-refractivity contribution is 5.81.